The van der Waals surface area contributed by atoms with Crippen molar-refractivity contribution in [3.05, 3.63) is 59.7 Å². The van der Waals surface area contributed by atoms with Crippen molar-refractivity contribution in [3.8, 4) is 5.75 Å². The van der Waals surface area contributed by atoms with Crippen LogP contribution >= 0.6 is 0 Å². The molecule has 5 nitrogen and oxygen atoms in total. The normalized spacial score (nSPS) is 16.1. The molecule has 1 fully saturated rings. The van der Waals surface area contributed by atoms with E-state index in [4.69, 9.17) is 4.74 Å². The first-order chi connectivity index (χ1) is 13.4. The molecule has 0 amide bonds. The van der Waals surface area contributed by atoms with Crippen molar-refractivity contribution in [2.75, 3.05) is 20.2 Å². The summed E-state index contributed by atoms with van der Waals surface area (Å²) in [5, 5.41) is 0. The minimum atomic E-state index is -3.55. The fraction of sp³-hybridized carbons (Fsp3) is 0.409. The van der Waals surface area contributed by atoms with Crippen molar-refractivity contribution in [1.29, 1.82) is 0 Å². The van der Waals surface area contributed by atoms with Gasteiger partial charge in [0.05, 0.1) is 12.0 Å². The molecule has 0 atom stereocenters. The molecule has 0 aliphatic carbocycles. The van der Waals surface area contributed by atoms with E-state index in [-0.39, 0.29) is 10.7 Å². The number of carbonyl (C=O) groups excluding carboxylic acids is 1. The van der Waals surface area contributed by atoms with Crippen LogP contribution in [0.25, 0.3) is 0 Å². The Morgan fingerprint density at radius 3 is 2.39 bits per heavy atom. The second kappa shape index (κ2) is 8.88. The Morgan fingerprint density at radius 2 is 1.79 bits per heavy atom. The van der Waals surface area contributed by atoms with Crippen molar-refractivity contribution in [1.82, 2.24) is 4.31 Å². The fourth-order valence-electron chi connectivity index (χ4n) is 3.63. The summed E-state index contributed by atoms with van der Waals surface area (Å²) in [6, 6.07) is 14.4. The van der Waals surface area contributed by atoms with E-state index < -0.39 is 10.0 Å². The summed E-state index contributed by atoms with van der Waals surface area (Å²) >= 11 is 0. The third-order valence-corrected chi connectivity index (χ3v) is 7.35. The first-order valence-electron chi connectivity index (χ1n) is 9.64. The molecule has 150 valence electrons. The third-order valence-electron chi connectivity index (χ3n) is 5.45. The Bertz CT molecular complexity index is 914. The number of nitrogens with zero attached hydrogens (tertiary/aromatic N) is 1. The molecule has 0 aromatic heterocycles. The van der Waals surface area contributed by atoms with E-state index in [1.807, 2.05) is 12.1 Å². The van der Waals surface area contributed by atoms with Crippen molar-refractivity contribution >= 4 is 15.8 Å². The predicted molar refractivity (Wildman–Crippen MR) is 109 cm³/mol. The molecular formula is C22H27NO4S. The molecule has 0 N–H and O–H groups in total. The minimum absolute atomic E-state index is 0.130. The summed E-state index contributed by atoms with van der Waals surface area (Å²) in [5.41, 5.74) is 1.70. The summed E-state index contributed by atoms with van der Waals surface area (Å²) in [6.07, 6.45) is 3.77. The molecule has 28 heavy (non-hydrogen) atoms. The SMILES string of the molecule is COc1ccc(CCC2CCN(S(=O)(=O)c3cccc(C(C)=O)c3)CC2)cc1. The number of piperidine rings is 1. The summed E-state index contributed by atoms with van der Waals surface area (Å²) in [6.45, 7) is 2.50. The molecule has 0 radical (unpaired) electrons. The van der Waals surface area contributed by atoms with Crippen molar-refractivity contribution < 1.29 is 17.9 Å². The smallest absolute Gasteiger partial charge is 0.243 e. The van der Waals surface area contributed by atoms with Crippen LogP contribution in [0.1, 0.15) is 42.1 Å². The number of carbonyl (C=O) groups is 1. The van der Waals surface area contributed by atoms with Crippen LogP contribution in [0.2, 0.25) is 0 Å². The zero-order chi connectivity index (χ0) is 20.1. The van der Waals surface area contributed by atoms with Gasteiger partial charge in [0.15, 0.2) is 5.78 Å². The van der Waals surface area contributed by atoms with Crippen molar-refractivity contribution in [2.24, 2.45) is 5.92 Å². The minimum Gasteiger partial charge on any atom is -0.497 e. The van der Waals surface area contributed by atoms with Gasteiger partial charge in [0, 0.05) is 18.7 Å². The Hall–Kier alpha value is -2.18. The number of rotatable bonds is 7. The number of hydrogen-bond acceptors (Lipinski definition) is 4. The molecule has 0 spiro atoms. The van der Waals surface area contributed by atoms with Crippen LogP contribution in [0.5, 0.6) is 5.75 Å². The molecule has 2 aromatic carbocycles. The van der Waals surface area contributed by atoms with Crippen LogP contribution < -0.4 is 4.74 Å². The second-order valence-corrected chi connectivity index (χ2v) is 9.26. The first-order valence-corrected chi connectivity index (χ1v) is 11.1. The number of sulfonamides is 1. The van der Waals surface area contributed by atoms with Crippen molar-refractivity contribution in [3.63, 3.8) is 0 Å². The number of ketones is 1. The van der Waals surface area contributed by atoms with E-state index in [0.29, 0.717) is 24.6 Å². The highest BCUT2D eigenvalue weighted by atomic mass is 32.2. The molecule has 0 saturated carbocycles. The van der Waals surface area contributed by atoms with Gasteiger partial charge in [0.1, 0.15) is 5.75 Å². The molecule has 1 heterocycles. The van der Waals surface area contributed by atoms with E-state index >= 15 is 0 Å². The van der Waals surface area contributed by atoms with Gasteiger partial charge in [-0.3, -0.25) is 4.79 Å². The van der Waals surface area contributed by atoms with E-state index in [9.17, 15) is 13.2 Å². The molecule has 1 aliphatic rings. The monoisotopic (exact) mass is 401 g/mol. The number of Topliss-reactive ketones (excluding diaryl/α,β-unsaturated/α-hetero) is 1. The molecule has 0 bridgehead atoms. The van der Waals surface area contributed by atoms with E-state index in [0.717, 1.165) is 31.4 Å². The summed E-state index contributed by atoms with van der Waals surface area (Å²) in [5.74, 6) is 1.25. The van der Waals surface area contributed by atoms with Crippen LogP contribution in [-0.2, 0) is 16.4 Å². The first kappa shape index (κ1) is 20.6. The molecule has 1 aliphatic heterocycles. The Morgan fingerprint density at radius 1 is 1.11 bits per heavy atom. The number of ether oxygens (including phenoxy) is 1. The topological polar surface area (TPSA) is 63.7 Å². The highest BCUT2D eigenvalue weighted by Crippen LogP contribution is 2.27. The highest BCUT2D eigenvalue weighted by Gasteiger charge is 2.29. The maximum atomic E-state index is 12.9. The fourth-order valence-corrected chi connectivity index (χ4v) is 5.14. The third kappa shape index (κ3) is 4.80. The van der Waals surface area contributed by atoms with Gasteiger partial charge in [-0.15, -0.1) is 0 Å². The predicted octanol–water partition coefficient (Wildman–Crippen LogP) is 3.93. The van der Waals surface area contributed by atoms with Crippen molar-refractivity contribution in [2.45, 2.75) is 37.5 Å². The Balaban J connectivity index is 1.56. The second-order valence-electron chi connectivity index (χ2n) is 7.32. The maximum Gasteiger partial charge on any atom is 0.243 e. The lowest BCUT2D eigenvalue weighted by Crippen LogP contribution is -2.38. The summed E-state index contributed by atoms with van der Waals surface area (Å²) < 4.78 is 32.6. The average molecular weight is 402 g/mol. The maximum absolute atomic E-state index is 12.9. The van der Waals surface area contributed by atoms with Gasteiger partial charge in [-0.05, 0) is 68.4 Å². The van der Waals surface area contributed by atoms with Crippen LogP contribution in [0.4, 0.5) is 0 Å². The van der Waals surface area contributed by atoms with E-state index in [1.54, 1.807) is 29.6 Å². The zero-order valence-corrected chi connectivity index (χ0v) is 17.2. The van der Waals surface area contributed by atoms with Crippen LogP contribution in [0.15, 0.2) is 53.4 Å². The Labute approximate surface area is 167 Å². The van der Waals surface area contributed by atoms with Gasteiger partial charge in [-0.25, -0.2) is 8.42 Å². The quantitative estimate of drug-likeness (QED) is 0.660. The van der Waals surface area contributed by atoms with E-state index in [2.05, 4.69) is 12.1 Å². The molecule has 1 saturated heterocycles. The molecule has 6 heteroatoms. The lowest BCUT2D eigenvalue weighted by molar-refractivity contribution is 0.101. The molecule has 3 rings (SSSR count). The van der Waals surface area contributed by atoms with Crippen LogP contribution in [0.3, 0.4) is 0 Å². The average Bonchev–Trinajstić information content (AvgIpc) is 2.73. The number of hydrogen-bond donors (Lipinski definition) is 0. The largest absolute Gasteiger partial charge is 0.497 e. The number of benzene rings is 2. The van der Waals surface area contributed by atoms with Crippen LogP contribution in [-0.4, -0.2) is 38.7 Å². The van der Waals surface area contributed by atoms with Gasteiger partial charge in [0.25, 0.3) is 0 Å². The van der Waals surface area contributed by atoms with Gasteiger partial charge in [0.2, 0.25) is 10.0 Å². The number of aryl methyl sites for hydroxylation is 1. The van der Waals surface area contributed by atoms with Gasteiger partial charge >= 0.3 is 0 Å². The highest BCUT2D eigenvalue weighted by molar-refractivity contribution is 7.89. The number of methoxy groups -OCH3 is 1. The summed E-state index contributed by atoms with van der Waals surface area (Å²) in [7, 11) is -1.89. The zero-order valence-electron chi connectivity index (χ0n) is 16.4. The van der Waals surface area contributed by atoms with Gasteiger partial charge in [-0.2, -0.15) is 4.31 Å². The van der Waals surface area contributed by atoms with Crippen LogP contribution in [0, 0.1) is 5.92 Å². The lowest BCUT2D eigenvalue weighted by Gasteiger charge is -2.31. The molecule has 0 unspecified atom stereocenters. The molecular weight excluding hydrogens is 374 g/mol. The molecule has 2 aromatic rings. The summed E-state index contributed by atoms with van der Waals surface area (Å²) in [4.78, 5) is 11.8. The lowest BCUT2D eigenvalue weighted by atomic mass is 9.91. The van der Waals surface area contributed by atoms with Gasteiger partial charge < -0.3 is 4.74 Å². The standard InChI is InChI=1S/C22H27NO4S/c1-17(24)20-4-3-5-22(16-20)28(25,26)23-14-12-19(13-15-23)7-6-18-8-10-21(27-2)11-9-18/h3-5,8-11,16,19H,6-7,12-15H2,1-2H3. The Kier molecular flexibility index (Phi) is 6.52. The van der Waals surface area contributed by atoms with E-state index in [1.165, 1.54) is 18.6 Å². The van der Waals surface area contributed by atoms with Gasteiger partial charge in [-0.1, -0.05) is 24.3 Å².